The Morgan fingerprint density at radius 2 is 2.21 bits per heavy atom. The second kappa shape index (κ2) is 7.25. The van der Waals surface area contributed by atoms with Crippen molar-refractivity contribution in [2.75, 3.05) is 24.2 Å². The Kier molecular flexibility index (Phi) is 5.35. The molecule has 0 atom stereocenters. The highest BCUT2D eigenvalue weighted by Gasteiger charge is 2.07. The Morgan fingerprint density at radius 1 is 1.32 bits per heavy atom. The lowest BCUT2D eigenvalue weighted by Crippen LogP contribution is -2.06. The number of nitrogens with zero attached hydrogens (tertiary/aromatic N) is 3. The summed E-state index contributed by atoms with van der Waals surface area (Å²) < 4.78 is 0. The Hall–Kier alpha value is -1.40. The molecule has 2 rings (SSSR count). The van der Waals surface area contributed by atoms with Gasteiger partial charge in [-0.15, -0.1) is 0 Å². The van der Waals surface area contributed by atoms with Crippen LogP contribution in [-0.4, -0.2) is 39.0 Å². The molecule has 0 aliphatic heterocycles. The molecule has 0 fully saturated rings. The van der Waals surface area contributed by atoms with Crippen LogP contribution in [0.4, 0.5) is 5.82 Å². The van der Waals surface area contributed by atoms with Crippen molar-refractivity contribution in [3.63, 3.8) is 0 Å². The molecule has 2 aromatic heterocycles. The van der Waals surface area contributed by atoms with Gasteiger partial charge in [0, 0.05) is 19.3 Å². The van der Waals surface area contributed by atoms with Gasteiger partial charge in [-0.05, 0) is 30.7 Å². The van der Waals surface area contributed by atoms with Crippen LogP contribution < -0.4 is 5.32 Å². The first-order chi connectivity index (χ1) is 9.35. The molecule has 0 saturated heterocycles. The standard InChI is InChI=1S/C13H18N4OS/c1-2-19-13-16-11(14-7-3-4-9-18)10-6-5-8-15-12(10)17-13/h5-6,8,18H,2-4,7,9H2,1H3,(H,14,15,16,17). The number of hydrogen-bond acceptors (Lipinski definition) is 6. The van der Waals surface area contributed by atoms with Crippen LogP contribution in [0.3, 0.4) is 0 Å². The fourth-order valence-corrected chi connectivity index (χ4v) is 2.28. The molecule has 5 nitrogen and oxygen atoms in total. The third-order valence-electron chi connectivity index (χ3n) is 2.60. The summed E-state index contributed by atoms with van der Waals surface area (Å²) >= 11 is 1.61. The van der Waals surface area contributed by atoms with Gasteiger partial charge in [0.05, 0.1) is 5.39 Å². The third kappa shape index (κ3) is 3.78. The van der Waals surface area contributed by atoms with Gasteiger partial charge in [-0.1, -0.05) is 18.7 Å². The first-order valence-corrected chi connectivity index (χ1v) is 7.44. The van der Waals surface area contributed by atoms with E-state index >= 15 is 0 Å². The maximum absolute atomic E-state index is 8.78. The summed E-state index contributed by atoms with van der Waals surface area (Å²) in [6.45, 7) is 3.09. The van der Waals surface area contributed by atoms with Crippen LogP contribution in [0.5, 0.6) is 0 Å². The van der Waals surface area contributed by atoms with Crippen molar-refractivity contribution < 1.29 is 5.11 Å². The summed E-state index contributed by atoms with van der Waals surface area (Å²) in [6, 6.07) is 3.86. The predicted molar refractivity (Wildman–Crippen MR) is 78.5 cm³/mol. The number of pyridine rings is 1. The van der Waals surface area contributed by atoms with E-state index < -0.39 is 0 Å². The number of hydrogen-bond donors (Lipinski definition) is 2. The summed E-state index contributed by atoms with van der Waals surface area (Å²) in [5.74, 6) is 1.76. The molecule has 0 spiro atoms. The number of unbranched alkanes of at least 4 members (excludes halogenated alkanes) is 1. The average molecular weight is 278 g/mol. The van der Waals surface area contributed by atoms with Crippen LogP contribution in [-0.2, 0) is 0 Å². The van der Waals surface area contributed by atoms with Gasteiger partial charge < -0.3 is 10.4 Å². The molecule has 0 aliphatic rings. The highest BCUT2D eigenvalue weighted by atomic mass is 32.2. The smallest absolute Gasteiger partial charge is 0.191 e. The molecule has 0 aliphatic carbocycles. The van der Waals surface area contributed by atoms with Crippen molar-refractivity contribution in [3.8, 4) is 0 Å². The van der Waals surface area contributed by atoms with Gasteiger partial charge in [0.15, 0.2) is 10.8 Å². The highest BCUT2D eigenvalue weighted by Crippen LogP contribution is 2.22. The van der Waals surface area contributed by atoms with Crippen molar-refractivity contribution in [3.05, 3.63) is 18.3 Å². The maximum Gasteiger partial charge on any atom is 0.191 e. The van der Waals surface area contributed by atoms with Gasteiger partial charge in [-0.2, -0.15) is 0 Å². The molecule has 102 valence electrons. The molecule has 0 unspecified atom stereocenters. The normalized spacial score (nSPS) is 10.8. The predicted octanol–water partition coefficient (Wildman–Crippen LogP) is 2.32. The maximum atomic E-state index is 8.78. The van der Waals surface area contributed by atoms with Gasteiger partial charge in [0.1, 0.15) is 5.82 Å². The van der Waals surface area contributed by atoms with Crippen LogP contribution in [0, 0.1) is 0 Å². The molecule has 2 aromatic rings. The summed E-state index contributed by atoms with van der Waals surface area (Å²) in [5, 5.41) is 13.8. The van der Waals surface area contributed by atoms with Gasteiger partial charge in [-0.25, -0.2) is 15.0 Å². The molecule has 0 radical (unpaired) electrons. The molecule has 0 aromatic carbocycles. The second-order valence-corrected chi connectivity index (χ2v) is 5.25. The van der Waals surface area contributed by atoms with Crippen LogP contribution >= 0.6 is 11.8 Å². The number of rotatable bonds is 7. The summed E-state index contributed by atoms with van der Waals surface area (Å²) in [6.07, 6.45) is 3.45. The molecule has 2 heterocycles. The number of aromatic nitrogens is 3. The number of nitrogens with one attached hydrogen (secondary N) is 1. The second-order valence-electron chi connectivity index (χ2n) is 4.02. The van der Waals surface area contributed by atoms with E-state index in [-0.39, 0.29) is 6.61 Å². The van der Waals surface area contributed by atoms with E-state index in [2.05, 4.69) is 27.2 Å². The van der Waals surface area contributed by atoms with Crippen LogP contribution in [0.15, 0.2) is 23.5 Å². The zero-order chi connectivity index (χ0) is 13.5. The van der Waals surface area contributed by atoms with E-state index in [4.69, 9.17) is 5.11 Å². The Bertz CT molecular complexity index is 535. The lowest BCUT2D eigenvalue weighted by Gasteiger charge is -2.09. The third-order valence-corrected chi connectivity index (χ3v) is 3.33. The SMILES string of the molecule is CCSc1nc(NCCCCO)c2cccnc2n1. The quantitative estimate of drug-likeness (QED) is 0.460. The highest BCUT2D eigenvalue weighted by molar-refractivity contribution is 7.99. The molecule has 6 heteroatoms. The van der Waals surface area contributed by atoms with E-state index in [1.165, 1.54) is 0 Å². The van der Waals surface area contributed by atoms with Gasteiger partial charge in [0.2, 0.25) is 0 Å². The number of fused-ring (bicyclic) bond motifs is 1. The fourth-order valence-electron chi connectivity index (χ4n) is 1.71. The number of aliphatic hydroxyl groups is 1. The molecule has 19 heavy (non-hydrogen) atoms. The van der Waals surface area contributed by atoms with Crippen LogP contribution in [0.2, 0.25) is 0 Å². The molecular formula is C13H18N4OS. The lowest BCUT2D eigenvalue weighted by atomic mass is 10.3. The van der Waals surface area contributed by atoms with Crippen molar-refractivity contribution in [2.45, 2.75) is 24.9 Å². The zero-order valence-electron chi connectivity index (χ0n) is 11.0. The Balaban J connectivity index is 2.23. The van der Waals surface area contributed by atoms with Crippen LogP contribution in [0.1, 0.15) is 19.8 Å². The Morgan fingerprint density at radius 3 is 3.00 bits per heavy atom. The van der Waals surface area contributed by atoms with E-state index in [0.717, 1.165) is 47.1 Å². The van der Waals surface area contributed by atoms with Gasteiger partial charge >= 0.3 is 0 Å². The minimum atomic E-state index is 0.227. The molecule has 0 saturated carbocycles. The van der Waals surface area contributed by atoms with Crippen molar-refractivity contribution in [1.82, 2.24) is 15.0 Å². The van der Waals surface area contributed by atoms with E-state index in [0.29, 0.717) is 0 Å². The largest absolute Gasteiger partial charge is 0.396 e. The minimum Gasteiger partial charge on any atom is -0.396 e. The molecule has 0 amide bonds. The van der Waals surface area contributed by atoms with Gasteiger partial charge in [0.25, 0.3) is 0 Å². The molecule has 2 N–H and O–H groups in total. The first-order valence-electron chi connectivity index (χ1n) is 6.45. The number of aliphatic hydroxyl groups excluding tert-OH is 1. The zero-order valence-corrected chi connectivity index (χ0v) is 11.8. The van der Waals surface area contributed by atoms with Gasteiger partial charge in [-0.3, -0.25) is 0 Å². The summed E-state index contributed by atoms with van der Waals surface area (Å²) in [4.78, 5) is 13.2. The summed E-state index contributed by atoms with van der Waals surface area (Å²) in [7, 11) is 0. The van der Waals surface area contributed by atoms with E-state index in [9.17, 15) is 0 Å². The number of thioether (sulfide) groups is 1. The molecular weight excluding hydrogens is 260 g/mol. The van der Waals surface area contributed by atoms with E-state index in [1.807, 2.05) is 12.1 Å². The lowest BCUT2D eigenvalue weighted by molar-refractivity contribution is 0.286. The molecule has 0 bridgehead atoms. The monoisotopic (exact) mass is 278 g/mol. The number of anilines is 1. The van der Waals surface area contributed by atoms with Crippen molar-refractivity contribution in [1.29, 1.82) is 0 Å². The van der Waals surface area contributed by atoms with Crippen molar-refractivity contribution in [2.24, 2.45) is 0 Å². The van der Waals surface area contributed by atoms with Crippen molar-refractivity contribution >= 4 is 28.6 Å². The van der Waals surface area contributed by atoms with Crippen LogP contribution in [0.25, 0.3) is 11.0 Å². The first kappa shape index (κ1) is 14.0. The fraction of sp³-hybridized carbons (Fsp3) is 0.462. The minimum absolute atomic E-state index is 0.227. The average Bonchev–Trinajstić information content (AvgIpc) is 2.44. The Labute approximate surface area is 116 Å². The van der Waals surface area contributed by atoms with E-state index in [1.54, 1.807) is 18.0 Å². The topological polar surface area (TPSA) is 70.9 Å². The summed E-state index contributed by atoms with van der Waals surface area (Å²) in [5.41, 5.74) is 0.720.